The van der Waals surface area contributed by atoms with Gasteiger partial charge in [-0.15, -0.1) is 0 Å². The summed E-state index contributed by atoms with van der Waals surface area (Å²) in [6.45, 7) is 0. The highest BCUT2D eigenvalue weighted by atomic mass is 16.5. The fourth-order valence-electron chi connectivity index (χ4n) is 1.68. The van der Waals surface area contributed by atoms with Crippen molar-refractivity contribution in [2.24, 2.45) is 5.73 Å². The first-order valence-electron chi connectivity index (χ1n) is 5.48. The second-order valence-corrected chi connectivity index (χ2v) is 4.15. The quantitative estimate of drug-likeness (QED) is 0.850. The highest BCUT2D eigenvalue weighted by molar-refractivity contribution is 5.23. The molecule has 1 aromatic heterocycles. The molecule has 16 heavy (non-hydrogen) atoms. The molecule has 1 heterocycles. The lowest BCUT2D eigenvalue weighted by atomic mass is 10.1. The van der Waals surface area contributed by atoms with E-state index in [1.807, 2.05) is 30.3 Å². The topological polar surface area (TPSA) is 64.9 Å². The molecule has 0 bridgehead atoms. The summed E-state index contributed by atoms with van der Waals surface area (Å²) < 4.78 is 5.20. The minimum Gasteiger partial charge on any atom is -0.337 e. The normalized spacial score (nSPS) is 17.3. The number of nitrogens with zero attached hydrogens (tertiary/aromatic N) is 2. The fraction of sp³-hybridized carbons (Fsp3) is 0.333. The van der Waals surface area contributed by atoms with Crippen molar-refractivity contribution in [3.63, 3.8) is 0 Å². The first-order chi connectivity index (χ1) is 7.84. The van der Waals surface area contributed by atoms with Crippen molar-refractivity contribution >= 4 is 0 Å². The van der Waals surface area contributed by atoms with Crippen molar-refractivity contribution in [2.45, 2.75) is 24.8 Å². The Morgan fingerprint density at radius 3 is 2.69 bits per heavy atom. The molecule has 1 aliphatic rings. The number of nitrogens with two attached hydrogens (primary N) is 1. The molecule has 1 fully saturated rings. The van der Waals surface area contributed by atoms with Crippen molar-refractivity contribution < 1.29 is 4.52 Å². The number of hydrogen-bond acceptors (Lipinski definition) is 4. The van der Waals surface area contributed by atoms with Gasteiger partial charge in [0, 0.05) is 5.92 Å². The summed E-state index contributed by atoms with van der Waals surface area (Å²) >= 11 is 0. The van der Waals surface area contributed by atoms with Crippen molar-refractivity contribution in [2.75, 3.05) is 0 Å². The molecule has 82 valence electrons. The van der Waals surface area contributed by atoms with Crippen molar-refractivity contribution in [3.8, 4) is 0 Å². The van der Waals surface area contributed by atoms with Crippen LogP contribution in [0.5, 0.6) is 0 Å². The van der Waals surface area contributed by atoms with Crippen LogP contribution in [0.3, 0.4) is 0 Å². The summed E-state index contributed by atoms with van der Waals surface area (Å²) in [6.07, 6.45) is 2.33. The summed E-state index contributed by atoms with van der Waals surface area (Å²) in [5.74, 6) is 1.81. The molecular weight excluding hydrogens is 202 g/mol. The van der Waals surface area contributed by atoms with Crippen LogP contribution < -0.4 is 5.73 Å². The van der Waals surface area contributed by atoms with Gasteiger partial charge in [-0.25, -0.2) is 0 Å². The number of rotatable bonds is 3. The molecular formula is C12H13N3O. The zero-order valence-electron chi connectivity index (χ0n) is 8.84. The molecule has 0 radical (unpaired) electrons. The molecule has 0 unspecified atom stereocenters. The smallest absolute Gasteiger partial charge is 0.248 e. The highest BCUT2D eigenvalue weighted by Crippen LogP contribution is 2.38. The molecule has 1 atom stereocenters. The average molecular weight is 215 g/mol. The summed E-state index contributed by atoms with van der Waals surface area (Å²) in [4.78, 5) is 4.35. The van der Waals surface area contributed by atoms with Crippen LogP contribution in [0.1, 0.15) is 42.1 Å². The van der Waals surface area contributed by atoms with Crippen LogP contribution in [0.2, 0.25) is 0 Å². The van der Waals surface area contributed by atoms with E-state index in [9.17, 15) is 0 Å². The third-order valence-corrected chi connectivity index (χ3v) is 2.82. The maximum absolute atomic E-state index is 6.05. The molecule has 4 nitrogen and oxygen atoms in total. The van der Waals surface area contributed by atoms with E-state index in [-0.39, 0.29) is 6.04 Å². The molecule has 2 N–H and O–H groups in total. The summed E-state index contributed by atoms with van der Waals surface area (Å²) in [5.41, 5.74) is 7.05. The van der Waals surface area contributed by atoms with Gasteiger partial charge in [-0.1, -0.05) is 35.5 Å². The molecule has 0 spiro atoms. The van der Waals surface area contributed by atoms with Crippen LogP contribution in [0.15, 0.2) is 34.9 Å². The van der Waals surface area contributed by atoms with Gasteiger partial charge in [0.1, 0.15) is 6.04 Å². The van der Waals surface area contributed by atoms with Crippen LogP contribution in [0, 0.1) is 0 Å². The van der Waals surface area contributed by atoms with Crippen LogP contribution >= 0.6 is 0 Å². The van der Waals surface area contributed by atoms with Gasteiger partial charge >= 0.3 is 0 Å². The summed E-state index contributed by atoms with van der Waals surface area (Å²) in [7, 11) is 0. The van der Waals surface area contributed by atoms with Crippen LogP contribution in [-0.2, 0) is 0 Å². The Balaban J connectivity index is 1.85. The Bertz CT molecular complexity index is 476. The van der Waals surface area contributed by atoms with Gasteiger partial charge in [0.25, 0.3) is 0 Å². The number of hydrogen-bond donors (Lipinski definition) is 1. The first-order valence-corrected chi connectivity index (χ1v) is 5.48. The molecule has 3 rings (SSSR count). The van der Waals surface area contributed by atoms with Crippen molar-refractivity contribution in [3.05, 3.63) is 47.6 Å². The molecule has 0 amide bonds. The predicted octanol–water partition coefficient (Wildman–Crippen LogP) is 2.00. The Morgan fingerprint density at radius 1 is 1.25 bits per heavy atom. The minimum absolute atomic E-state index is 0.318. The zero-order valence-corrected chi connectivity index (χ0v) is 8.84. The van der Waals surface area contributed by atoms with Crippen LogP contribution in [0.4, 0.5) is 0 Å². The van der Waals surface area contributed by atoms with Gasteiger partial charge in [-0.3, -0.25) is 0 Å². The lowest BCUT2D eigenvalue weighted by molar-refractivity contribution is 0.362. The van der Waals surface area contributed by atoms with Gasteiger partial charge in [0.05, 0.1) is 0 Å². The first kappa shape index (κ1) is 9.54. The molecule has 1 saturated carbocycles. The number of benzene rings is 1. The van der Waals surface area contributed by atoms with E-state index in [0.717, 1.165) is 11.4 Å². The molecule has 4 heteroatoms. The Kier molecular flexibility index (Phi) is 2.22. The molecule has 0 aliphatic heterocycles. The maximum Gasteiger partial charge on any atom is 0.248 e. The SMILES string of the molecule is N[C@@H](c1ccccc1)c1nc(C2CC2)no1. The third-order valence-electron chi connectivity index (χ3n) is 2.82. The number of aromatic nitrogens is 2. The molecule has 2 aromatic rings. The van der Waals surface area contributed by atoms with E-state index in [4.69, 9.17) is 10.3 Å². The van der Waals surface area contributed by atoms with E-state index in [0.29, 0.717) is 11.8 Å². The largest absolute Gasteiger partial charge is 0.337 e. The Hall–Kier alpha value is -1.68. The maximum atomic E-state index is 6.05. The van der Waals surface area contributed by atoms with E-state index in [1.54, 1.807) is 0 Å². The zero-order chi connectivity index (χ0) is 11.0. The van der Waals surface area contributed by atoms with Crippen molar-refractivity contribution in [1.82, 2.24) is 10.1 Å². The Labute approximate surface area is 93.5 Å². The fourth-order valence-corrected chi connectivity index (χ4v) is 1.68. The second kappa shape index (κ2) is 3.72. The lowest BCUT2D eigenvalue weighted by Gasteiger charge is -2.05. The Morgan fingerprint density at radius 2 is 2.00 bits per heavy atom. The molecule has 0 saturated heterocycles. The van der Waals surface area contributed by atoms with E-state index >= 15 is 0 Å². The van der Waals surface area contributed by atoms with E-state index in [1.165, 1.54) is 12.8 Å². The predicted molar refractivity (Wildman–Crippen MR) is 58.7 cm³/mol. The van der Waals surface area contributed by atoms with Crippen LogP contribution in [-0.4, -0.2) is 10.1 Å². The van der Waals surface area contributed by atoms with Gasteiger partial charge in [0.2, 0.25) is 5.89 Å². The summed E-state index contributed by atoms with van der Waals surface area (Å²) in [5, 5.41) is 3.96. The molecule has 1 aromatic carbocycles. The summed E-state index contributed by atoms with van der Waals surface area (Å²) in [6, 6.07) is 9.47. The molecule has 1 aliphatic carbocycles. The standard InChI is InChI=1S/C12H13N3O/c13-10(8-4-2-1-3-5-8)12-14-11(15-16-12)9-6-7-9/h1-5,9-10H,6-7,13H2/t10-/m0/s1. The van der Waals surface area contributed by atoms with Gasteiger partial charge in [0.15, 0.2) is 5.82 Å². The van der Waals surface area contributed by atoms with E-state index in [2.05, 4.69) is 10.1 Å². The second-order valence-electron chi connectivity index (χ2n) is 4.15. The van der Waals surface area contributed by atoms with Crippen LogP contribution in [0.25, 0.3) is 0 Å². The van der Waals surface area contributed by atoms with Gasteiger partial charge < -0.3 is 10.3 Å². The highest BCUT2D eigenvalue weighted by Gasteiger charge is 2.29. The van der Waals surface area contributed by atoms with Gasteiger partial charge in [-0.2, -0.15) is 4.98 Å². The van der Waals surface area contributed by atoms with E-state index < -0.39 is 0 Å². The van der Waals surface area contributed by atoms with Gasteiger partial charge in [-0.05, 0) is 18.4 Å². The minimum atomic E-state index is -0.318. The average Bonchev–Trinajstić information content (AvgIpc) is 3.08. The third kappa shape index (κ3) is 1.72. The van der Waals surface area contributed by atoms with Crippen molar-refractivity contribution in [1.29, 1.82) is 0 Å². The lowest BCUT2D eigenvalue weighted by Crippen LogP contribution is -2.12. The monoisotopic (exact) mass is 215 g/mol.